The second kappa shape index (κ2) is 48.5. The van der Waals surface area contributed by atoms with E-state index in [4.69, 9.17) is 14.2 Å². The summed E-state index contributed by atoms with van der Waals surface area (Å²) in [6.45, 7) is 6.25. The molecule has 1 unspecified atom stereocenters. The molecule has 0 rings (SSSR count). The van der Waals surface area contributed by atoms with Gasteiger partial charge in [0.1, 0.15) is 13.2 Å². The summed E-state index contributed by atoms with van der Waals surface area (Å²) < 4.78 is 16.6. The largest absolute Gasteiger partial charge is 0.462 e. The number of rotatable bonds is 41. The lowest BCUT2D eigenvalue weighted by atomic mass is 10.1. The summed E-state index contributed by atoms with van der Waals surface area (Å²) in [4.78, 5) is 37.8. The molecule has 0 aliphatic carbocycles. The molecule has 342 valence electrons. The Morgan fingerprint density at radius 3 is 1.26 bits per heavy atom. The SMILES string of the molecule is CC\C=C/C=C\C=C/C=C\CCCCCC(=O)OC(COC(=O)CC/C=C\C/C=C\C/C=C\C/C=C\C/C=C\C/C=C\CC)COC(=O)CCCCCCCCCCCCC. The highest BCUT2D eigenvalue weighted by Gasteiger charge is 2.19. The van der Waals surface area contributed by atoms with Gasteiger partial charge in [-0.05, 0) is 77.0 Å². The lowest BCUT2D eigenvalue weighted by Gasteiger charge is -2.18. The van der Waals surface area contributed by atoms with Crippen LogP contribution < -0.4 is 0 Å². The Kier molecular flexibility index (Phi) is 45.1. The molecule has 0 fully saturated rings. The minimum Gasteiger partial charge on any atom is -0.462 e. The Bertz CT molecular complexity index is 1340. The number of hydrogen-bond donors (Lipinski definition) is 0. The van der Waals surface area contributed by atoms with Crippen molar-refractivity contribution in [1.29, 1.82) is 0 Å². The molecule has 0 N–H and O–H groups in total. The van der Waals surface area contributed by atoms with E-state index in [2.05, 4.69) is 93.7 Å². The molecule has 0 amide bonds. The van der Waals surface area contributed by atoms with E-state index >= 15 is 0 Å². The van der Waals surface area contributed by atoms with Gasteiger partial charge in [0, 0.05) is 19.3 Å². The van der Waals surface area contributed by atoms with Gasteiger partial charge in [-0.3, -0.25) is 14.4 Å². The number of hydrogen-bond acceptors (Lipinski definition) is 6. The smallest absolute Gasteiger partial charge is 0.306 e. The Morgan fingerprint density at radius 1 is 0.361 bits per heavy atom. The fraction of sp³-hybridized carbons (Fsp3) is 0.582. The Balaban J connectivity index is 4.56. The molecule has 0 radical (unpaired) electrons. The van der Waals surface area contributed by atoms with Gasteiger partial charge in [0.2, 0.25) is 0 Å². The topological polar surface area (TPSA) is 78.9 Å². The number of esters is 3. The van der Waals surface area contributed by atoms with Crippen LogP contribution in [0.2, 0.25) is 0 Å². The number of allylic oxidation sites excluding steroid dienone is 20. The van der Waals surface area contributed by atoms with E-state index in [-0.39, 0.29) is 44.0 Å². The van der Waals surface area contributed by atoms with Gasteiger partial charge in [-0.15, -0.1) is 0 Å². The first-order valence-electron chi connectivity index (χ1n) is 24.1. The molecule has 0 aliphatic heterocycles. The molecule has 1 atom stereocenters. The van der Waals surface area contributed by atoms with Crippen LogP contribution in [0.4, 0.5) is 0 Å². The first kappa shape index (κ1) is 56.8. The summed E-state index contributed by atoms with van der Waals surface area (Å²) in [5.74, 6) is -1.06. The van der Waals surface area contributed by atoms with E-state index in [9.17, 15) is 14.4 Å². The first-order chi connectivity index (χ1) is 30.0. The van der Waals surface area contributed by atoms with Gasteiger partial charge >= 0.3 is 17.9 Å². The van der Waals surface area contributed by atoms with Gasteiger partial charge < -0.3 is 14.2 Å². The highest BCUT2D eigenvalue weighted by atomic mass is 16.6. The molecule has 0 aromatic carbocycles. The molecule has 61 heavy (non-hydrogen) atoms. The average molecular weight is 843 g/mol. The van der Waals surface area contributed by atoms with E-state index in [0.29, 0.717) is 19.3 Å². The highest BCUT2D eigenvalue weighted by molar-refractivity contribution is 5.71. The summed E-state index contributed by atoms with van der Waals surface area (Å²) in [5.41, 5.74) is 0. The zero-order chi connectivity index (χ0) is 44.4. The third kappa shape index (κ3) is 46.7. The maximum absolute atomic E-state index is 12.7. The maximum atomic E-state index is 12.7. The van der Waals surface area contributed by atoms with Crippen LogP contribution in [0.15, 0.2) is 122 Å². The van der Waals surface area contributed by atoms with Crippen LogP contribution in [-0.2, 0) is 28.6 Å². The minimum absolute atomic E-state index is 0.120. The molecule has 0 heterocycles. The van der Waals surface area contributed by atoms with Crippen LogP contribution in [0.25, 0.3) is 0 Å². The minimum atomic E-state index is -0.829. The van der Waals surface area contributed by atoms with Crippen LogP contribution >= 0.6 is 0 Å². The second-order valence-corrected chi connectivity index (χ2v) is 15.4. The molecule has 0 spiro atoms. The van der Waals surface area contributed by atoms with E-state index in [0.717, 1.165) is 83.5 Å². The van der Waals surface area contributed by atoms with Crippen LogP contribution in [0.5, 0.6) is 0 Å². The van der Waals surface area contributed by atoms with Gasteiger partial charge in [0.15, 0.2) is 6.10 Å². The van der Waals surface area contributed by atoms with Crippen LogP contribution in [-0.4, -0.2) is 37.2 Å². The van der Waals surface area contributed by atoms with Crippen LogP contribution in [0, 0.1) is 0 Å². The van der Waals surface area contributed by atoms with E-state index in [1.165, 1.54) is 51.4 Å². The van der Waals surface area contributed by atoms with Crippen molar-refractivity contribution in [1.82, 2.24) is 0 Å². The third-order valence-corrected chi connectivity index (χ3v) is 9.57. The predicted octanol–water partition coefficient (Wildman–Crippen LogP) is 15.7. The van der Waals surface area contributed by atoms with Crippen molar-refractivity contribution >= 4 is 17.9 Å². The first-order valence-corrected chi connectivity index (χ1v) is 24.1. The fourth-order valence-corrected chi connectivity index (χ4v) is 6.01. The summed E-state index contributed by atoms with van der Waals surface area (Å²) in [6.07, 6.45) is 66.2. The number of carbonyl (C=O) groups is 3. The standard InChI is InChI=1S/C55H86O6/c1-4-7-10-13-16-19-22-24-25-26-27-28-29-31-33-36-39-42-45-48-54(57)60-51-52(50-59-53(56)47-44-41-38-35-32-21-18-15-12-9-6-3)61-55(58)49-46-43-40-37-34-30-23-20-17-14-11-8-5-2/h7-8,10-11,14,16-17,19-20,23-25,27-28,30-31,33-34,39,42,52H,4-6,9,12-13,15,18,21-22,26,29,32,35-38,40-41,43-51H2,1-3H3/b10-7-,11-8-,17-14-,19-16-,23-20-,25-24-,28-27-,33-31-,34-30-,42-39-. The summed E-state index contributed by atoms with van der Waals surface area (Å²) >= 11 is 0. The monoisotopic (exact) mass is 843 g/mol. The van der Waals surface area contributed by atoms with Crippen molar-refractivity contribution in [3.05, 3.63) is 122 Å². The normalized spacial score (nSPS) is 13.2. The number of unbranched alkanes of at least 4 members (excludes halogenated alkanes) is 13. The summed E-state index contributed by atoms with van der Waals surface area (Å²) in [5, 5.41) is 0. The molecule has 0 saturated carbocycles. The number of ether oxygens (including phenoxy) is 3. The molecule has 6 heteroatoms. The molecule has 0 saturated heterocycles. The molecular formula is C55H86O6. The van der Waals surface area contributed by atoms with Gasteiger partial charge in [0.25, 0.3) is 0 Å². The molecule has 0 aromatic heterocycles. The molecule has 0 aromatic rings. The van der Waals surface area contributed by atoms with Crippen molar-refractivity contribution in [3.63, 3.8) is 0 Å². The van der Waals surface area contributed by atoms with Gasteiger partial charge in [-0.2, -0.15) is 0 Å². The zero-order valence-corrected chi connectivity index (χ0v) is 38.9. The summed E-state index contributed by atoms with van der Waals surface area (Å²) in [6, 6.07) is 0. The van der Waals surface area contributed by atoms with Gasteiger partial charge in [-0.1, -0.05) is 213 Å². The van der Waals surface area contributed by atoms with Gasteiger partial charge in [0.05, 0.1) is 0 Å². The lowest BCUT2D eigenvalue weighted by molar-refractivity contribution is -0.166. The maximum Gasteiger partial charge on any atom is 0.306 e. The van der Waals surface area contributed by atoms with E-state index in [1.54, 1.807) is 0 Å². The number of carbonyl (C=O) groups excluding carboxylic acids is 3. The van der Waals surface area contributed by atoms with Crippen LogP contribution in [0.3, 0.4) is 0 Å². The van der Waals surface area contributed by atoms with Gasteiger partial charge in [-0.25, -0.2) is 0 Å². The Hall–Kier alpha value is -4.19. The van der Waals surface area contributed by atoms with Crippen molar-refractivity contribution in [2.75, 3.05) is 13.2 Å². The molecule has 0 aliphatic rings. The molecule has 0 bridgehead atoms. The summed E-state index contributed by atoms with van der Waals surface area (Å²) in [7, 11) is 0. The highest BCUT2D eigenvalue weighted by Crippen LogP contribution is 2.13. The van der Waals surface area contributed by atoms with Crippen LogP contribution in [0.1, 0.15) is 188 Å². The van der Waals surface area contributed by atoms with Crippen molar-refractivity contribution in [2.45, 2.75) is 194 Å². The Labute approximate surface area is 373 Å². The van der Waals surface area contributed by atoms with Crippen molar-refractivity contribution in [2.24, 2.45) is 0 Å². The van der Waals surface area contributed by atoms with E-state index in [1.807, 2.05) is 48.6 Å². The lowest BCUT2D eigenvalue weighted by Crippen LogP contribution is -2.30. The average Bonchev–Trinajstić information content (AvgIpc) is 3.26. The quantitative estimate of drug-likeness (QED) is 0.0201. The van der Waals surface area contributed by atoms with Crippen molar-refractivity contribution in [3.8, 4) is 0 Å². The molecule has 6 nitrogen and oxygen atoms in total. The van der Waals surface area contributed by atoms with Crippen molar-refractivity contribution < 1.29 is 28.6 Å². The zero-order valence-electron chi connectivity index (χ0n) is 38.9. The predicted molar refractivity (Wildman–Crippen MR) is 260 cm³/mol. The van der Waals surface area contributed by atoms with E-state index < -0.39 is 6.10 Å². The molecular weight excluding hydrogens is 757 g/mol. The second-order valence-electron chi connectivity index (χ2n) is 15.4. The fourth-order valence-electron chi connectivity index (χ4n) is 6.01. The Morgan fingerprint density at radius 2 is 0.754 bits per heavy atom. The third-order valence-electron chi connectivity index (χ3n) is 9.57.